The molecule has 0 spiro atoms. The summed E-state index contributed by atoms with van der Waals surface area (Å²) in [6.07, 6.45) is -0.299. The molecule has 3 aromatic rings. The summed E-state index contributed by atoms with van der Waals surface area (Å²) in [5, 5.41) is 9.43. The summed E-state index contributed by atoms with van der Waals surface area (Å²) >= 11 is 0. The summed E-state index contributed by atoms with van der Waals surface area (Å²) in [4.78, 5) is 18.1. The molecule has 7 heteroatoms. The summed E-state index contributed by atoms with van der Waals surface area (Å²) in [7, 11) is 0. The minimum Gasteiger partial charge on any atom is -0.484 e. The lowest BCUT2D eigenvalue weighted by Crippen LogP contribution is -2.49. The number of oxazole rings is 1. The SMILES string of the molecule is Cc1oc(-c2ccccc2)nc1C(C)Oc1cccc(CN2CCOC[C@H]2C(=O)O)c1. The number of nitrogens with zero attached hydrogens (tertiary/aromatic N) is 2. The van der Waals surface area contributed by atoms with E-state index in [4.69, 9.17) is 13.9 Å². The molecule has 0 amide bonds. The highest BCUT2D eigenvalue weighted by atomic mass is 16.5. The molecule has 0 aliphatic carbocycles. The van der Waals surface area contributed by atoms with Gasteiger partial charge in [-0.1, -0.05) is 30.3 Å². The zero-order valence-corrected chi connectivity index (χ0v) is 17.7. The number of aryl methyl sites for hydroxylation is 1. The normalized spacial score (nSPS) is 17.9. The predicted octanol–water partition coefficient (Wildman–Crippen LogP) is 4.08. The van der Waals surface area contributed by atoms with Gasteiger partial charge < -0.3 is 19.0 Å². The van der Waals surface area contributed by atoms with Gasteiger partial charge in [-0.05, 0) is 43.7 Å². The number of ether oxygens (including phenoxy) is 2. The Labute approximate surface area is 181 Å². The summed E-state index contributed by atoms with van der Waals surface area (Å²) < 4.78 is 17.3. The van der Waals surface area contributed by atoms with E-state index in [1.54, 1.807) is 0 Å². The minimum atomic E-state index is -0.864. The first-order valence-electron chi connectivity index (χ1n) is 10.3. The van der Waals surface area contributed by atoms with Crippen molar-refractivity contribution >= 4 is 5.97 Å². The maximum atomic E-state index is 11.5. The van der Waals surface area contributed by atoms with Gasteiger partial charge in [-0.15, -0.1) is 0 Å². The van der Waals surface area contributed by atoms with Gasteiger partial charge in [0, 0.05) is 18.7 Å². The van der Waals surface area contributed by atoms with Crippen LogP contribution in [0.2, 0.25) is 0 Å². The van der Waals surface area contributed by atoms with Gasteiger partial charge in [0.1, 0.15) is 29.3 Å². The molecule has 4 rings (SSSR count). The van der Waals surface area contributed by atoms with Crippen LogP contribution in [0.15, 0.2) is 59.0 Å². The summed E-state index contributed by atoms with van der Waals surface area (Å²) in [5.41, 5.74) is 2.66. The van der Waals surface area contributed by atoms with Crippen molar-refractivity contribution in [1.82, 2.24) is 9.88 Å². The Hall–Kier alpha value is -3.16. The molecule has 2 atom stereocenters. The van der Waals surface area contributed by atoms with Crippen molar-refractivity contribution in [3.63, 3.8) is 0 Å². The first-order chi connectivity index (χ1) is 15.0. The molecule has 2 aromatic carbocycles. The van der Waals surface area contributed by atoms with Gasteiger partial charge in [-0.3, -0.25) is 9.69 Å². The van der Waals surface area contributed by atoms with Gasteiger partial charge in [0.25, 0.3) is 0 Å². The smallest absolute Gasteiger partial charge is 0.323 e. The molecule has 7 nitrogen and oxygen atoms in total. The first-order valence-corrected chi connectivity index (χ1v) is 10.3. The van der Waals surface area contributed by atoms with E-state index in [0.29, 0.717) is 31.3 Å². The van der Waals surface area contributed by atoms with Gasteiger partial charge >= 0.3 is 5.97 Å². The zero-order valence-electron chi connectivity index (χ0n) is 17.7. The third kappa shape index (κ3) is 4.95. The number of carbonyl (C=O) groups is 1. The van der Waals surface area contributed by atoms with E-state index in [0.717, 1.165) is 22.6 Å². The van der Waals surface area contributed by atoms with Crippen LogP contribution in [-0.2, 0) is 16.1 Å². The average Bonchev–Trinajstić information content (AvgIpc) is 3.17. The molecule has 2 heterocycles. The Kier molecular flexibility index (Phi) is 6.34. The molecule has 1 unspecified atom stereocenters. The third-order valence-electron chi connectivity index (χ3n) is 5.36. The molecule has 1 aliphatic heterocycles. The minimum absolute atomic E-state index is 0.206. The van der Waals surface area contributed by atoms with Crippen LogP contribution in [0.1, 0.15) is 30.0 Å². The maximum Gasteiger partial charge on any atom is 0.323 e. The van der Waals surface area contributed by atoms with Gasteiger partial charge in [0.05, 0.1) is 13.2 Å². The van der Waals surface area contributed by atoms with Gasteiger partial charge in [-0.25, -0.2) is 4.98 Å². The molecule has 1 saturated heterocycles. The summed E-state index contributed by atoms with van der Waals surface area (Å²) in [6, 6.07) is 16.9. The maximum absolute atomic E-state index is 11.5. The molecule has 1 aliphatic rings. The van der Waals surface area contributed by atoms with Gasteiger partial charge in [0.15, 0.2) is 0 Å². The lowest BCUT2D eigenvalue weighted by Gasteiger charge is -2.32. The van der Waals surface area contributed by atoms with Crippen molar-refractivity contribution in [2.45, 2.75) is 32.5 Å². The molecule has 0 bridgehead atoms. The number of hydrogen-bond donors (Lipinski definition) is 1. The highest BCUT2D eigenvalue weighted by molar-refractivity contribution is 5.73. The van der Waals surface area contributed by atoms with Crippen LogP contribution in [0.4, 0.5) is 0 Å². The zero-order chi connectivity index (χ0) is 21.8. The lowest BCUT2D eigenvalue weighted by molar-refractivity contribution is -0.150. The Bertz CT molecular complexity index is 1030. The second kappa shape index (κ2) is 9.32. The average molecular weight is 422 g/mol. The number of carboxylic acid groups (broad SMARTS) is 1. The van der Waals surface area contributed by atoms with Crippen LogP contribution in [0.25, 0.3) is 11.5 Å². The van der Waals surface area contributed by atoms with E-state index < -0.39 is 12.0 Å². The number of rotatable bonds is 7. The van der Waals surface area contributed by atoms with Crippen molar-refractivity contribution in [1.29, 1.82) is 0 Å². The number of hydrogen-bond acceptors (Lipinski definition) is 6. The molecular weight excluding hydrogens is 396 g/mol. The van der Waals surface area contributed by atoms with Crippen LogP contribution in [0.3, 0.4) is 0 Å². The van der Waals surface area contributed by atoms with Crippen molar-refractivity contribution < 1.29 is 23.8 Å². The predicted molar refractivity (Wildman–Crippen MR) is 115 cm³/mol. The Balaban J connectivity index is 1.46. The van der Waals surface area contributed by atoms with E-state index in [9.17, 15) is 9.90 Å². The number of aliphatic carboxylic acids is 1. The number of aromatic nitrogens is 1. The topological polar surface area (TPSA) is 85.0 Å². The Morgan fingerprint density at radius 3 is 2.84 bits per heavy atom. The van der Waals surface area contributed by atoms with Crippen LogP contribution >= 0.6 is 0 Å². The van der Waals surface area contributed by atoms with Crippen LogP contribution in [-0.4, -0.2) is 46.8 Å². The summed E-state index contributed by atoms with van der Waals surface area (Å²) in [6.45, 7) is 5.67. The van der Waals surface area contributed by atoms with E-state index in [1.807, 2.05) is 73.3 Å². The number of morpholine rings is 1. The van der Waals surface area contributed by atoms with E-state index in [2.05, 4.69) is 4.98 Å². The molecule has 0 saturated carbocycles. The Morgan fingerprint density at radius 2 is 2.06 bits per heavy atom. The lowest BCUT2D eigenvalue weighted by atomic mass is 10.1. The van der Waals surface area contributed by atoms with Crippen molar-refractivity contribution in [2.24, 2.45) is 0 Å². The molecule has 162 valence electrons. The van der Waals surface area contributed by atoms with Crippen LogP contribution in [0.5, 0.6) is 5.75 Å². The first kappa shape index (κ1) is 21.1. The van der Waals surface area contributed by atoms with E-state index >= 15 is 0 Å². The molecule has 31 heavy (non-hydrogen) atoms. The second-order valence-corrected chi connectivity index (χ2v) is 7.63. The fourth-order valence-electron chi connectivity index (χ4n) is 3.76. The van der Waals surface area contributed by atoms with Crippen molar-refractivity contribution in [3.8, 4) is 17.2 Å². The van der Waals surface area contributed by atoms with Gasteiger partial charge in [-0.2, -0.15) is 0 Å². The number of carboxylic acids is 1. The second-order valence-electron chi connectivity index (χ2n) is 7.63. The highest BCUT2D eigenvalue weighted by Crippen LogP contribution is 2.28. The van der Waals surface area contributed by atoms with E-state index in [1.165, 1.54) is 0 Å². The Morgan fingerprint density at radius 1 is 1.26 bits per heavy atom. The molecule has 1 N–H and O–H groups in total. The fraction of sp³-hybridized carbons (Fsp3) is 0.333. The van der Waals surface area contributed by atoms with Crippen LogP contribution < -0.4 is 4.74 Å². The standard InChI is InChI=1S/C24H26N2O5/c1-16(22-17(2)31-23(25-22)19-8-4-3-5-9-19)30-20-10-6-7-18(13-20)14-26-11-12-29-15-21(26)24(27)28/h3-10,13,16,21H,11-12,14-15H2,1-2H3,(H,27,28)/t16?,21-/m0/s1. The monoisotopic (exact) mass is 422 g/mol. The fourth-order valence-corrected chi connectivity index (χ4v) is 3.76. The highest BCUT2D eigenvalue weighted by Gasteiger charge is 2.29. The molecule has 0 radical (unpaired) electrons. The third-order valence-corrected chi connectivity index (χ3v) is 5.36. The van der Waals surface area contributed by atoms with Crippen molar-refractivity contribution in [3.05, 3.63) is 71.6 Å². The molecule has 1 aromatic heterocycles. The molecule has 1 fully saturated rings. The quantitative estimate of drug-likeness (QED) is 0.614. The summed E-state index contributed by atoms with van der Waals surface area (Å²) in [5.74, 6) is 1.13. The van der Waals surface area contributed by atoms with Crippen molar-refractivity contribution in [2.75, 3.05) is 19.8 Å². The van der Waals surface area contributed by atoms with Crippen LogP contribution in [0, 0.1) is 6.92 Å². The molecular formula is C24H26N2O5. The number of benzene rings is 2. The largest absolute Gasteiger partial charge is 0.484 e. The van der Waals surface area contributed by atoms with E-state index in [-0.39, 0.29) is 12.7 Å². The van der Waals surface area contributed by atoms with Gasteiger partial charge in [0.2, 0.25) is 5.89 Å².